The van der Waals surface area contributed by atoms with Crippen molar-refractivity contribution in [3.05, 3.63) is 24.3 Å². The maximum Gasteiger partial charge on any atom is 0.321 e. The molecule has 1 heterocycles. The first-order chi connectivity index (χ1) is 9.13. The Balaban J connectivity index is 1.61. The molecule has 1 saturated carbocycles. The number of rotatable bonds is 1. The first kappa shape index (κ1) is 12.3. The maximum atomic E-state index is 12.1. The average molecular weight is 261 g/mol. The van der Waals surface area contributed by atoms with Crippen LogP contribution >= 0.6 is 0 Å². The Labute approximate surface area is 112 Å². The van der Waals surface area contributed by atoms with E-state index in [9.17, 15) is 9.90 Å². The predicted molar refractivity (Wildman–Crippen MR) is 73.7 cm³/mol. The van der Waals surface area contributed by atoms with E-state index in [1.165, 1.54) is 0 Å². The molecule has 3 atom stereocenters. The third-order valence-corrected chi connectivity index (χ3v) is 4.27. The van der Waals surface area contributed by atoms with Crippen LogP contribution in [0, 0.1) is 11.8 Å². The zero-order valence-electron chi connectivity index (χ0n) is 10.7. The SMILES string of the molecule is Nc1ccc(NC(=O)N2CC3CCC(O)C3C2)cc1. The Bertz CT molecular complexity index is 474. The molecule has 1 aromatic rings. The van der Waals surface area contributed by atoms with Crippen molar-refractivity contribution >= 4 is 17.4 Å². The van der Waals surface area contributed by atoms with Crippen LogP contribution in [0.25, 0.3) is 0 Å². The van der Waals surface area contributed by atoms with Gasteiger partial charge in [0.1, 0.15) is 0 Å². The van der Waals surface area contributed by atoms with Crippen molar-refractivity contribution in [2.24, 2.45) is 11.8 Å². The minimum Gasteiger partial charge on any atom is -0.399 e. The molecule has 5 heteroatoms. The standard InChI is InChI=1S/C14H19N3O2/c15-10-2-4-11(5-3-10)16-14(19)17-7-9-1-6-13(18)12(9)8-17/h2-5,9,12-13,18H,1,6-8,15H2,(H,16,19). The van der Waals surface area contributed by atoms with Crippen LogP contribution in [0.15, 0.2) is 24.3 Å². The Hall–Kier alpha value is -1.75. The number of hydrogen-bond donors (Lipinski definition) is 3. The van der Waals surface area contributed by atoms with E-state index in [2.05, 4.69) is 5.32 Å². The van der Waals surface area contributed by atoms with Crippen LogP contribution in [-0.4, -0.2) is 35.2 Å². The summed E-state index contributed by atoms with van der Waals surface area (Å²) in [6.07, 6.45) is 1.67. The normalized spacial score (nSPS) is 29.3. The quantitative estimate of drug-likeness (QED) is 0.670. The molecule has 5 nitrogen and oxygen atoms in total. The van der Waals surface area contributed by atoms with Gasteiger partial charge in [-0.15, -0.1) is 0 Å². The van der Waals surface area contributed by atoms with Crippen LogP contribution in [0.4, 0.5) is 16.2 Å². The Kier molecular flexibility index (Phi) is 3.06. The van der Waals surface area contributed by atoms with E-state index in [4.69, 9.17) is 5.73 Å². The van der Waals surface area contributed by atoms with Gasteiger partial charge in [0, 0.05) is 30.4 Å². The monoisotopic (exact) mass is 261 g/mol. The summed E-state index contributed by atoms with van der Waals surface area (Å²) in [6, 6.07) is 7.01. The van der Waals surface area contributed by atoms with Gasteiger partial charge in [-0.05, 0) is 43.0 Å². The number of amides is 2. The molecule has 1 aliphatic carbocycles. The van der Waals surface area contributed by atoms with Gasteiger partial charge in [-0.2, -0.15) is 0 Å². The summed E-state index contributed by atoms with van der Waals surface area (Å²) >= 11 is 0. The first-order valence-electron chi connectivity index (χ1n) is 6.73. The molecule has 2 aliphatic rings. The van der Waals surface area contributed by atoms with Gasteiger partial charge in [0.15, 0.2) is 0 Å². The second kappa shape index (κ2) is 4.74. The molecule has 19 heavy (non-hydrogen) atoms. The molecular formula is C14H19N3O2. The van der Waals surface area contributed by atoms with Crippen molar-refractivity contribution in [2.45, 2.75) is 18.9 Å². The Morgan fingerprint density at radius 1 is 1.26 bits per heavy atom. The van der Waals surface area contributed by atoms with Crippen LogP contribution in [0.3, 0.4) is 0 Å². The molecule has 102 valence electrons. The summed E-state index contributed by atoms with van der Waals surface area (Å²) in [7, 11) is 0. The highest BCUT2D eigenvalue weighted by molar-refractivity contribution is 5.89. The second-order valence-corrected chi connectivity index (χ2v) is 5.53. The van der Waals surface area contributed by atoms with E-state index in [1.807, 2.05) is 0 Å². The van der Waals surface area contributed by atoms with Crippen LogP contribution in [0.2, 0.25) is 0 Å². The van der Waals surface area contributed by atoms with Crippen molar-refractivity contribution in [2.75, 3.05) is 24.1 Å². The highest BCUT2D eigenvalue weighted by atomic mass is 16.3. The lowest BCUT2D eigenvalue weighted by molar-refractivity contribution is 0.127. The number of aliphatic hydroxyl groups is 1. The van der Waals surface area contributed by atoms with Gasteiger partial charge >= 0.3 is 6.03 Å². The summed E-state index contributed by atoms with van der Waals surface area (Å²) in [5, 5.41) is 12.7. The third kappa shape index (κ3) is 2.38. The van der Waals surface area contributed by atoms with Crippen molar-refractivity contribution in [1.82, 2.24) is 4.90 Å². The number of urea groups is 1. The fraction of sp³-hybridized carbons (Fsp3) is 0.500. The number of fused-ring (bicyclic) bond motifs is 1. The topological polar surface area (TPSA) is 78.6 Å². The lowest BCUT2D eigenvalue weighted by Gasteiger charge is -2.19. The zero-order chi connectivity index (χ0) is 13.4. The molecule has 0 aromatic heterocycles. The van der Waals surface area contributed by atoms with E-state index >= 15 is 0 Å². The molecular weight excluding hydrogens is 242 g/mol. The van der Waals surface area contributed by atoms with Gasteiger partial charge < -0.3 is 21.1 Å². The van der Waals surface area contributed by atoms with Gasteiger partial charge in [0.2, 0.25) is 0 Å². The number of hydrogen-bond acceptors (Lipinski definition) is 3. The number of nitrogens with zero attached hydrogens (tertiary/aromatic N) is 1. The number of nitrogens with one attached hydrogen (secondary N) is 1. The molecule has 1 aromatic carbocycles. The predicted octanol–water partition coefficient (Wildman–Crippen LogP) is 1.50. The highest BCUT2D eigenvalue weighted by Crippen LogP contribution is 2.38. The molecule has 0 bridgehead atoms. The summed E-state index contributed by atoms with van der Waals surface area (Å²) in [5.74, 6) is 0.726. The number of carbonyl (C=O) groups excluding carboxylic acids is 1. The summed E-state index contributed by atoms with van der Waals surface area (Å²) < 4.78 is 0. The highest BCUT2D eigenvalue weighted by Gasteiger charge is 2.43. The fourth-order valence-electron chi connectivity index (χ4n) is 3.17. The van der Waals surface area contributed by atoms with Crippen LogP contribution in [-0.2, 0) is 0 Å². The lowest BCUT2D eigenvalue weighted by Crippen LogP contribution is -2.34. The second-order valence-electron chi connectivity index (χ2n) is 5.53. The molecule has 2 amide bonds. The number of anilines is 2. The van der Waals surface area contributed by atoms with Crippen LogP contribution < -0.4 is 11.1 Å². The minimum atomic E-state index is -0.237. The fourth-order valence-corrected chi connectivity index (χ4v) is 3.17. The molecule has 1 aliphatic heterocycles. The maximum absolute atomic E-state index is 12.1. The van der Waals surface area contributed by atoms with E-state index < -0.39 is 0 Å². The third-order valence-electron chi connectivity index (χ3n) is 4.27. The number of nitrogen functional groups attached to an aromatic ring is 1. The number of aliphatic hydroxyl groups excluding tert-OH is 1. The Morgan fingerprint density at radius 3 is 2.68 bits per heavy atom. The number of likely N-dealkylation sites (tertiary alicyclic amines) is 1. The van der Waals surface area contributed by atoms with E-state index in [0.29, 0.717) is 18.2 Å². The zero-order valence-corrected chi connectivity index (χ0v) is 10.7. The molecule has 3 unspecified atom stereocenters. The molecule has 4 N–H and O–H groups in total. The largest absolute Gasteiger partial charge is 0.399 e. The average Bonchev–Trinajstić information content (AvgIpc) is 2.95. The van der Waals surface area contributed by atoms with Crippen molar-refractivity contribution < 1.29 is 9.90 Å². The van der Waals surface area contributed by atoms with Crippen molar-refractivity contribution in [1.29, 1.82) is 0 Å². The first-order valence-corrected chi connectivity index (χ1v) is 6.73. The summed E-state index contributed by atoms with van der Waals surface area (Å²) in [5.41, 5.74) is 7.03. The van der Waals surface area contributed by atoms with Crippen LogP contribution in [0.1, 0.15) is 12.8 Å². The van der Waals surface area contributed by atoms with Crippen molar-refractivity contribution in [3.63, 3.8) is 0 Å². The van der Waals surface area contributed by atoms with Gasteiger partial charge in [0.05, 0.1) is 6.10 Å². The van der Waals surface area contributed by atoms with Gasteiger partial charge in [-0.1, -0.05) is 0 Å². The molecule has 0 spiro atoms. The smallest absolute Gasteiger partial charge is 0.321 e. The molecule has 0 radical (unpaired) electrons. The summed E-state index contributed by atoms with van der Waals surface area (Å²) in [6.45, 7) is 1.41. The molecule has 3 rings (SSSR count). The summed E-state index contributed by atoms with van der Waals surface area (Å²) in [4.78, 5) is 13.9. The Morgan fingerprint density at radius 2 is 2.00 bits per heavy atom. The van der Waals surface area contributed by atoms with Gasteiger partial charge in [0.25, 0.3) is 0 Å². The van der Waals surface area contributed by atoms with E-state index in [1.54, 1.807) is 29.2 Å². The van der Waals surface area contributed by atoms with E-state index in [-0.39, 0.29) is 18.1 Å². The number of nitrogens with two attached hydrogens (primary N) is 1. The van der Waals surface area contributed by atoms with Gasteiger partial charge in [-0.3, -0.25) is 0 Å². The number of carbonyl (C=O) groups is 1. The lowest BCUT2D eigenvalue weighted by atomic mass is 10.00. The van der Waals surface area contributed by atoms with E-state index in [0.717, 1.165) is 25.1 Å². The van der Waals surface area contributed by atoms with Crippen LogP contribution in [0.5, 0.6) is 0 Å². The minimum absolute atomic E-state index is 0.0913. The molecule has 2 fully saturated rings. The van der Waals surface area contributed by atoms with Gasteiger partial charge in [-0.25, -0.2) is 4.79 Å². The number of benzene rings is 1. The molecule has 1 saturated heterocycles. The van der Waals surface area contributed by atoms with Crippen molar-refractivity contribution in [3.8, 4) is 0 Å².